The number of halogens is 1. The zero-order valence-corrected chi connectivity index (χ0v) is 20.8. The zero-order valence-electron chi connectivity index (χ0n) is 18.4. The average Bonchev–Trinajstić information content (AvgIpc) is 3.45. The lowest BCUT2D eigenvalue weighted by Gasteiger charge is -2.44. The summed E-state index contributed by atoms with van der Waals surface area (Å²) < 4.78 is 20.4. The van der Waals surface area contributed by atoms with E-state index in [4.69, 9.17) is 17.3 Å². The fraction of sp³-hybridized carbons (Fsp3) is 0.348. The first-order valence-corrected chi connectivity index (χ1v) is 13.8. The Hall–Kier alpha value is -2.39. The van der Waals surface area contributed by atoms with Crippen LogP contribution in [-0.4, -0.2) is 47.2 Å². The second-order valence-corrected chi connectivity index (χ2v) is 12.6. The summed E-state index contributed by atoms with van der Waals surface area (Å²) in [5, 5.41) is 13.5. The van der Waals surface area contributed by atoms with E-state index < -0.39 is 16.2 Å². The molecule has 0 bridgehead atoms. The number of thiazole rings is 1. The highest BCUT2D eigenvalue weighted by Crippen LogP contribution is 2.57. The molecular formula is C23H24ClN5O3S2. The normalized spacial score (nSPS) is 20.8. The summed E-state index contributed by atoms with van der Waals surface area (Å²) >= 11 is 7.82. The van der Waals surface area contributed by atoms with Crippen molar-refractivity contribution in [3.8, 4) is 11.8 Å². The molecule has 0 aliphatic carbocycles. The number of fused-ring (bicyclic) bond motifs is 2. The number of anilines is 3. The van der Waals surface area contributed by atoms with E-state index >= 15 is 0 Å². The van der Waals surface area contributed by atoms with Crippen LogP contribution < -0.4 is 10.6 Å². The smallest absolute Gasteiger partial charge is 0.222 e. The molecule has 2 aliphatic rings. The molecule has 8 nitrogen and oxygen atoms in total. The molecular weight excluding hydrogens is 494 g/mol. The zero-order chi connectivity index (χ0) is 24.1. The van der Waals surface area contributed by atoms with Gasteiger partial charge in [-0.1, -0.05) is 29.5 Å². The van der Waals surface area contributed by atoms with Gasteiger partial charge in [-0.05, 0) is 37.5 Å². The molecule has 0 radical (unpaired) electrons. The maximum atomic E-state index is 10.7. The lowest BCUT2D eigenvalue weighted by Crippen LogP contribution is -2.39. The highest BCUT2D eigenvalue weighted by molar-refractivity contribution is 8.24. The number of hydrogen-bond acceptors (Lipinski definition) is 9. The first-order valence-electron chi connectivity index (χ1n) is 10.7. The van der Waals surface area contributed by atoms with Gasteiger partial charge in [0.2, 0.25) is 5.95 Å². The number of nitrogens with two attached hydrogens (primary N) is 1. The van der Waals surface area contributed by atoms with Gasteiger partial charge in [0.05, 0.1) is 6.20 Å². The Balaban J connectivity index is 1.58. The van der Waals surface area contributed by atoms with Gasteiger partial charge in [0.25, 0.3) is 0 Å². The third-order valence-corrected chi connectivity index (χ3v) is 9.40. The average molecular weight is 518 g/mol. The monoisotopic (exact) mass is 517 g/mol. The number of nitrogen functional groups attached to an aromatic ring is 1. The van der Waals surface area contributed by atoms with Gasteiger partial charge < -0.3 is 15.7 Å². The Labute approximate surface area is 208 Å². The summed E-state index contributed by atoms with van der Waals surface area (Å²) in [6.45, 7) is 2.21. The van der Waals surface area contributed by atoms with Crippen molar-refractivity contribution in [1.29, 1.82) is 0 Å². The molecule has 1 unspecified atom stereocenters. The van der Waals surface area contributed by atoms with Crippen LogP contribution in [0.4, 0.5) is 17.5 Å². The summed E-state index contributed by atoms with van der Waals surface area (Å²) in [5.74, 6) is 7.35. The summed E-state index contributed by atoms with van der Waals surface area (Å²) in [6.07, 6.45) is 4.40. The maximum Gasteiger partial charge on any atom is 0.222 e. The van der Waals surface area contributed by atoms with Gasteiger partial charge in [-0.25, -0.2) is 9.97 Å². The van der Waals surface area contributed by atoms with Crippen molar-refractivity contribution in [1.82, 2.24) is 15.0 Å². The van der Waals surface area contributed by atoms with Crippen molar-refractivity contribution in [3.05, 3.63) is 57.1 Å². The molecule has 1 atom stereocenters. The van der Waals surface area contributed by atoms with E-state index in [1.807, 2.05) is 23.1 Å². The number of rotatable bonds is 2. The van der Waals surface area contributed by atoms with E-state index in [1.165, 1.54) is 17.5 Å². The van der Waals surface area contributed by atoms with Crippen LogP contribution in [0.3, 0.4) is 0 Å². The Kier molecular flexibility index (Phi) is 5.75. The maximum absolute atomic E-state index is 10.7. The third kappa shape index (κ3) is 4.24. The van der Waals surface area contributed by atoms with Crippen molar-refractivity contribution in [3.63, 3.8) is 0 Å². The molecule has 5 rings (SSSR count). The molecule has 4 heterocycles. The van der Waals surface area contributed by atoms with Crippen molar-refractivity contribution >= 4 is 51.0 Å². The standard InChI is InChI=1S/C23H24ClN5O3S2/c1-22(30,20-26-8-9-33-20)5-4-15-2-3-16-18(12-15)29(19-17(24)13-27-21(25)28-19)14-23(16)6-10-34(31,32)11-7-23/h2-3,8-9,12-13,30-32H,6-7,10-11,14H2,1H3,(H2,25,27,28). The van der Waals surface area contributed by atoms with E-state index in [9.17, 15) is 14.2 Å². The van der Waals surface area contributed by atoms with Gasteiger partial charge in [0, 0.05) is 46.3 Å². The van der Waals surface area contributed by atoms with E-state index in [0.717, 1.165) is 16.8 Å². The highest BCUT2D eigenvalue weighted by Gasteiger charge is 2.47. The minimum absolute atomic E-state index is 0.121. The molecule has 178 valence electrons. The molecule has 11 heteroatoms. The number of aromatic nitrogens is 3. The van der Waals surface area contributed by atoms with Crippen LogP contribution in [0.2, 0.25) is 5.02 Å². The molecule has 1 spiro atoms. The summed E-state index contributed by atoms with van der Waals surface area (Å²) in [7, 11) is -2.55. The van der Waals surface area contributed by atoms with Gasteiger partial charge in [-0.2, -0.15) is 15.6 Å². The minimum Gasteiger partial charge on any atom is -0.371 e. The third-order valence-electron chi connectivity index (χ3n) is 6.43. The first-order chi connectivity index (χ1) is 16.1. The molecule has 1 aromatic carbocycles. The highest BCUT2D eigenvalue weighted by atomic mass is 35.5. The first kappa shape index (κ1) is 23.4. The van der Waals surface area contributed by atoms with Gasteiger partial charge in [0.15, 0.2) is 11.4 Å². The van der Waals surface area contributed by atoms with Crippen LogP contribution in [0.5, 0.6) is 0 Å². The molecule has 2 aromatic heterocycles. The molecule has 5 N–H and O–H groups in total. The number of benzene rings is 1. The van der Waals surface area contributed by atoms with E-state index in [0.29, 0.717) is 46.7 Å². The van der Waals surface area contributed by atoms with E-state index in [2.05, 4.69) is 26.8 Å². The summed E-state index contributed by atoms with van der Waals surface area (Å²) in [5.41, 5.74) is 6.93. The van der Waals surface area contributed by atoms with Crippen LogP contribution in [0, 0.1) is 11.8 Å². The van der Waals surface area contributed by atoms with Crippen LogP contribution in [0.1, 0.15) is 35.9 Å². The second-order valence-electron chi connectivity index (χ2n) is 8.87. The predicted molar refractivity (Wildman–Crippen MR) is 137 cm³/mol. The van der Waals surface area contributed by atoms with Crippen LogP contribution in [-0.2, 0) is 11.0 Å². The summed E-state index contributed by atoms with van der Waals surface area (Å²) in [6, 6.07) is 5.92. The Morgan fingerprint density at radius 3 is 2.74 bits per heavy atom. The summed E-state index contributed by atoms with van der Waals surface area (Å²) in [4.78, 5) is 14.6. The fourth-order valence-electron chi connectivity index (χ4n) is 4.59. The lowest BCUT2D eigenvalue weighted by atomic mass is 9.77. The molecule has 0 saturated carbocycles. The second kappa shape index (κ2) is 8.37. The number of hydrogen-bond donors (Lipinski definition) is 4. The molecule has 1 fully saturated rings. The van der Waals surface area contributed by atoms with E-state index in [-0.39, 0.29) is 11.4 Å². The van der Waals surface area contributed by atoms with Gasteiger partial charge in [-0.15, -0.1) is 11.3 Å². The van der Waals surface area contributed by atoms with Gasteiger partial charge in [-0.3, -0.25) is 9.11 Å². The van der Waals surface area contributed by atoms with Gasteiger partial charge in [0.1, 0.15) is 10.0 Å². The quantitative estimate of drug-likeness (QED) is 0.369. The van der Waals surface area contributed by atoms with Crippen molar-refractivity contribution in [2.45, 2.75) is 30.8 Å². The van der Waals surface area contributed by atoms with Crippen LogP contribution in [0.25, 0.3) is 0 Å². The molecule has 0 amide bonds. The largest absolute Gasteiger partial charge is 0.371 e. The number of nitrogens with zero attached hydrogens (tertiary/aromatic N) is 4. The number of aliphatic hydroxyl groups is 1. The SMILES string of the molecule is CC(O)(C#Cc1ccc2c(c1)N(c1nc(N)ncc1Cl)CC21CCS(O)(O)CC1)c1nccs1. The Bertz CT molecular complexity index is 1290. The van der Waals surface area contributed by atoms with E-state index in [1.54, 1.807) is 18.5 Å². The van der Waals surface area contributed by atoms with Crippen molar-refractivity contribution in [2.75, 3.05) is 28.7 Å². The van der Waals surface area contributed by atoms with Gasteiger partial charge >= 0.3 is 0 Å². The molecule has 3 aromatic rings. The molecule has 2 aliphatic heterocycles. The topological polar surface area (TPSA) is 129 Å². The van der Waals surface area contributed by atoms with Crippen LogP contribution >= 0.6 is 33.5 Å². The molecule has 1 saturated heterocycles. The lowest BCUT2D eigenvalue weighted by molar-refractivity contribution is 0.122. The van der Waals surface area contributed by atoms with Crippen LogP contribution in [0.15, 0.2) is 36.0 Å². The minimum atomic E-state index is -2.55. The molecule has 34 heavy (non-hydrogen) atoms. The predicted octanol–water partition coefficient (Wildman–Crippen LogP) is 4.36. The Morgan fingerprint density at radius 1 is 1.26 bits per heavy atom. The fourth-order valence-corrected chi connectivity index (χ4v) is 7.07. The van der Waals surface area contributed by atoms with Crippen molar-refractivity contribution < 1.29 is 14.2 Å². The Morgan fingerprint density at radius 2 is 2.03 bits per heavy atom. The van der Waals surface area contributed by atoms with Crippen molar-refractivity contribution in [2.24, 2.45) is 0 Å².